The highest BCUT2D eigenvalue weighted by Gasteiger charge is 2.17. The van der Waals surface area contributed by atoms with Crippen molar-refractivity contribution in [2.45, 2.75) is 26.3 Å². The predicted octanol–water partition coefficient (Wildman–Crippen LogP) is 2.09. The predicted molar refractivity (Wildman–Crippen MR) is 84.7 cm³/mol. The molecule has 2 rings (SSSR count). The van der Waals surface area contributed by atoms with Gasteiger partial charge in [-0.3, -0.25) is 4.90 Å². The van der Waals surface area contributed by atoms with Crippen LogP contribution in [0.15, 0.2) is 24.3 Å². The second-order valence-corrected chi connectivity index (χ2v) is 5.34. The highest BCUT2D eigenvalue weighted by atomic mass is 16.5. The van der Waals surface area contributed by atoms with Gasteiger partial charge in [0, 0.05) is 31.4 Å². The molecule has 1 unspecified atom stereocenters. The second-order valence-electron chi connectivity index (χ2n) is 5.34. The molecule has 0 aromatic heterocycles. The van der Waals surface area contributed by atoms with Gasteiger partial charge < -0.3 is 15.4 Å². The van der Waals surface area contributed by atoms with E-state index in [-0.39, 0.29) is 6.03 Å². The number of hydrogen-bond donors (Lipinski definition) is 2. The van der Waals surface area contributed by atoms with Gasteiger partial charge in [-0.2, -0.15) is 0 Å². The Hall–Kier alpha value is -1.59. The molecule has 0 spiro atoms. The molecule has 0 radical (unpaired) electrons. The number of nitrogens with zero attached hydrogens (tertiary/aromatic N) is 1. The molecule has 5 nitrogen and oxygen atoms in total. The van der Waals surface area contributed by atoms with Gasteiger partial charge in [0.05, 0.1) is 13.2 Å². The normalized spacial score (nSPS) is 17.2. The average molecular weight is 291 g/mol. The van der Waals surface area contributed by atoms with Crippen molar-refractivity contribution >= 4 is 11.7 Å². The lowest BCUT2D eigenvalue weighted by Gasteiger charge is -2.32. The van der Waals surface area contributed by atoms with Crippen LogP contribution in [0.2, 0.25) is 0 Å². The van der Waals surface area contributed by atoms with Crippen LogP contribution in [-0.4, -0.2) is 49.8 Å². The summed E-state index contributed by atoms with van der Waals surface area (Å²) in [5.41, 5.74) is 2.03. The van der Waals surface area contributed by atoms with E-state index in [0.717, 1.165) is 44.0 Å². The number of hydrogen-bond acceptors (Lipinski definition) is 3. The van der Waals surface area contributed by atoms with Crippen LogP contribution in [0.3, 0.4) is 0 Å². The number of ether oxygens (including phenoxy) is 1. The van der Waals surface area contributed by atoms with Crippen molar-refractivity contribution in [3.63, 3.8) is 0 Å². The fraction of sp³-hybridized carbons (Fsp3) is 0.562. The molecule has 1 aromatic rings. The van der Waals surface area contributed by atoms with Crippen molar-refractivity contribution in [1.82, 2.24) is 10.2 Å². The van der Waals surface area contributed by atoms with Gasteiger partial charge >= 0.3 is 6.03 Å². The second kappa shape index (κ2) is 8.00. The number of carbonyl (C=O) groups excluding carboxylic acids is 1. The maximum atomic E-state index is 12.0. The summed E-state index contributed by atoms with van der Waals surface area (Å²) in [6.45, 7) is 8.28. The highest BCUT2D eigenvalue weighted by Crippen LogP contribution is 2.15. The van der Waals surface area contributed by atoms with Gasteiger partial charge in [0.1, 0.15) is 0 Å². The van der Waals surface area contributed by atoms with Crippen LogP contribution in [0.25, 0.3) is 0 Å². The summed E-state index contributed by atoms with van der Waals surface area (Å²) >= 11 is 0. The first-order valence-corrected chi connectivity index (χ1v) is 7.65. The smallest absolute Gasteiger partial charge is 0.319 e. The Morgan fingerprint density at radius 1 is 1.33 bits per heavy atom. The number of urea groups is 1. The van der Waals surface area contributed by atoms with Gasteiger partial charge in [0.2, 0.25) is 0 Å². The molecule has 21 heavy (non-hydrogen) atoms. The molecular formula is C16H25N3O2. The summed E-state index contributed by atoms with van der Waals surface area (Å²) < 4.78 is 5.34. The maximum absolute atomic E-state index is 12.0. The molecule has 116 valence electrons. The standard InChI is InChI=1S/C16H25N3O2/c1-3-14-6-4-5-7-15(14)18-16(20)17-12-13(2)19-8-10-21-11-9-19/h4-7,13H,3,8-12H2,1-2H3,(H2,17,18,20). The zero-order valence-corrected chi connectivity index (χ0v) is 12.9. The minimum Gasteiger partial charge on any atom is -0.379 e. The van der Waals surface area contributed by atoms with Crippen molar-refractivity contribution in [3.8, 4) is 0 Å². The third kappa shape index (κ3) is 4.72. The summed E-state index contributed by atoms with van der Waals surface area (Å²) in [5.74, 6) is 0. The van der Waals surface area contributed by atoms with E-state index in [0.29, 0.717) is 12.6 Å². The summed E-state index contributed by atoms with van der Waals surface area (Å²) in [7, 11) is 0. The lowest BCUT2D eigenvalue weighted by atomic mass is 10.1. The Morgan fingerprint density at radius 3 is 2.76 bits per heavy atom. The van der Waals surface area contributed by atoms with Crippen LogP contribution in [-0.2, 0) is 11.2 Å². The molecule has 1 aromatic carbocycles. The van der Waals surface area contributed by atoms with E-state index >= 15 is 0 Å². The van der Waals surface area contributed by atoms with E-state index in [1.807, 2.05) is 24.3 Å². The number of para-hydroxylation sites is 1. The Morgan fingerprint density at radius 2 is 2.05 bits per heavy atom. The van der Waals surface area contributed by atoms with E-state index in [1.54, 1.807) is 0 Å². The lowest BCUT2D eigenvalue weighted by molar-refractivity contribution is 0.0209. The first-order valence-electron chi connectivity index (χ1n) is 7.65. The Bertz CT molecular complexity index is 459. The minimum absolute atomic E-state index is 0.143. The largest absolute Gasteiger partial charge is 0.379 e. The number of anilines is 1. The van der Waals surface area contributed by atoms with E-state index < -0.39 is 0 Å². The van der Waals surface area contributed by atoms with Crippen molar-refractivity contribution in [3.05, 3.63) is 29.8 Å². The molecule has 0 bridgehead atoms. The number of rotatable bonds is 5. The number of morpholine rings is 1. The number of amides is 2. The molecule has 1 aliphatic heterocycles. The molecule has 1 atom stereocenters. The van der Waals surface area contributed by atoms with Crippen LogP contribution >= 0.6 is 0 Å². The molecule has 5 heteroatoms. The van der Waals surface area contributed by atoms with Gasteiger partial charge in [-0.1, -0.05) is 25.1 Å². The van der Waals surface area contributed by atoms with E-state index in [1.165, 1.54) is 0 Å². The molecule has 2 N–H and O–H groups in total. The first-order chi connectivity index (χ1) is 10.2. The van der Waals surface area contributed by atoms with E-state index in [4.69, 9.17) is 4.74 Å². The third-order valence-corrected chi connectivity index (χ3v) is 3.87. The Labute approximate surface area is 126 Å². The van der Waals surface area contributed by atoms with Gasteiger partial charge in [-0.05, 0) is 25.0 Å². The molecule has 0 saturated carbocycles. The van der Waals surface area contributed by atoms with Gasteiger partial charge in [0.15, 0.2) is 0 Å². The number of nitrogens with one attached hydrogen (secondary N) is 2. The zero-order valence-electron chi connectivity index (χ0n) is 12.9. The number of carbonyl (C=O) groups is 1. The van der Waals surface area contributed by atoms with E-state index in [2.05, 4.69) is 29.4 Å². The number of benzene rings is 1. The third-order valence-electron chi connectivity index (χ3n) is 3.87. The van der Waals surface area contributed by atoms with Crippen LogP contribution in [0, 0.1) is 0 Å². The SMILES string of the molecule is CCc1ccccc1NC(=O)NCC(C)N1CCOCC1. The average Bonchev–Trinajstić information content (AvgIpc) is 2.54. The molecular weight excluding hydrogens is 266 g/mol. The molecule has 1 fully saturated rings. The van der Waals surface area contributed by atoms with Crippen LogP contribution in [0.1, 0.15) is 19.4 Å². The topological polar surface area (TPSA) is 53.6 Å². The Kier molecular flexibility index (Phi) is 6.02. The minimum atomic E-state index is -0.143. The molecule has 2 amide bonds. The highest BCUT2D eigenvalue weighted by molar-refractivity contribution is 5.90. The van der Waals surface area contributed by atoms with Crippen molar-refractivity contribution in [1.29, 1.82) is 0 Å². The van der Waals surface area contributed by atoms with Crippen LogP contribution < -0.4 is 10.6 Å². The van der Waals surface area contributed by atoms with Crippen molar-refractivity contribution < 1.29 is 9.53 Å². The zero-order chi connectivity index (χ0) is 15.1. The van der Waals surface area contributed by atoms with Crippen molar-refractivity contribution in [2.75, 3.05) is 38.2 Å². The summed E-state index contributed by atoms with van der Waals surface area (Å²) in [4.78, 5) is 14.3. The molecule has 1 heterocycles. The maximum Gasteiger partial charge on any atom is 0.319 e. The monoisotopic (exact) mass is 291 g/mol. The van der Waals surface area contributed by atoms with Gasteiger partial charge in [0.25, 0.3) is 0 Å². The fourth-order valence-corrected chi connectivity index (χ4v) is 2.50. The Balaban J connectivity index is 1.79. The summed E-state index contributed by atoms with van der Waals surface area (Å²) in [5, 5.41) is 5.87. The molecule has 0 aliphatic carbocycles. The fourth-order valence-electron chi connectivity index (χ4n) is 2.50. The van der Waals surface area contributed by atoms with Crippen LogP contribution in [0.4, 0.5) is 10.5 Å². The summed E-state index contributed by atoms with van der Waals surface area (Å²) in [6, 6.07) is 8.07. The van der Waals surface area contributed by atoms with E-state index in [9.17, 15) is 4.79 Å². The van der Waals surface area contributed by atoms with Gasteiger partial charge in [-0.15, -0.1) is 0 Å². The van der Waals surface area contributed by atoms with Gasteiger partial charge in [-0.25, -0.2) is 4.79 Å². The first kappa shape index (κ1) is 15.8. The lowest BCUT2D eigenvalue weighted by Crippen LogP contribution is -2.47. The van der Waals surface area contributed by atoms with Crippen molar-refractivity contribution in [2.24, 2.45) is 0 Å². The summed E-state index contributed by atoms with van der Waals surface area (Å²) in [6.07, 6.45) is 0.903. The number of aryl methyl sites for hydroxylation is 1. The molecule has 1 saturated heterocycles. The quantitative estimate of drug-likeness (QED) is 0.873. The van der Waals surface area contributed by atoms with Crippen LogP contribution in [0.5, 0.6) is 0 Å². The molecule has 1 aliphatic rings.